The lowest BCUT2D eigenvalue weighted by Gasteiger charge is -2.33. The van der Waals surface area contributed by atoms with E-state index in [9.17, 15) is 22.4 Å². The molecule has 0 spiro atoms. The first kappa shape index (κ1) is 25.5. The number of halogens is 1. The molecule has 10 heteroatoms. The number of nitrogens with one attached hydrogen (secondary N) is 2. The molecule has 0 aliphatic heterocycles. The van der Waals surface area contributed by atoms with E-state index in [1.54, 1.807) is 12.1 Å². The molecule has 0 aliphatic carbocycles. The first-order valence-electron chi connectivity index (χ1n) is 10.3. The molecule has 176 valence electrons. The molecule has 2 amide bonds. The number of amides is 2. The summed E-state index contributed by atoms with van der Waals surface area (Å²) >= 11 is 0. The molecule has 32 heavy (non-hydrogen) atoms. The predicted molar refractivity (Wildman–Crippen MR) is 117 cm³/mol. The summed E-state index contributed by atoms with van der Waals surface area (Å²) in [6.45, 7) is 6.84. The minimum atomic E-state index is -4.04. The van der Waals surface area contributed by atoms with Gasteiger partial charge in [0, 0.05) is 5.54 Å². The van der Waals surface area contributed by atoms with Crippen LogP contribution in [0.15, 0.2) is 52.0 Å². The van der Waals surface area contributed by atoms with Gasteiger partial charge in [0.1, 0.15) is 17.6 Å². The molecule has 0 radical (unpaired) electrons. The van der Waals surface area contributed by atoms with Gasteiger partial charge in [0.25, 0.3) is 0 Å². The Labute approximate surface area is 188 Å². The Morgan fingerprint density at radius 3 is 2.34 bits per heavy atom. The Kier molecular flexibility index (Phi) is 8.57. The van der Waals surface area contributed by atoms with Crippen molar-refractivity contribution < 1.29 is 26.8 Å². The summed E-state index contributed by atoms with van der Waals surface area (Å²) in [5.74, 6) is -1.03. The number of rotatable bonds is 10. The molecule has 2 rings (SSSR count). The van der Waals surface area contributed by atoms with Crippen LogP contribution in [0.1, 0.15) is 46.3 Å². The summed E-state index contributed by atoms with van der Waals surface area (Å²) in [6.07, 6.45) is 2.48. The maximum absolute atomic E-state index is 13.1. The minimum Gasteiger partial charge on any atom is -0.467 e. The zero-order valence-corrected chi connectivity index (χ0v) is 19.5. The number of hydrogen-bond donors (Lipinski definition) is 2. The molecule has 0 bridgehead atoms. The molecule has 0 saturated heterocycles. The number of carbonyl (C=O) groups is 2. The van der Waals surface area contributed by atoms with E-state index in [1.807, 2.05) is 27.7 Å². The lowest BCUT2D eigenvalue weighted by molar-refractivity contribution is -0.141. The Morgan fingerprint density at radius 2 is 1.81 bits per heavy atom. The van der Waals surface area contributed by atoms with Crippen LogP contribution in [-0.4, -0.2) is 43.3 Å². The van der Waals surface area contributed by atoms with Crippen molar-refractivity contribution in [2.75, 3.05) is 6.54 Å². The first-order chi connectivity index (χ1) is 14.9. The van der Waals surface area contributed by atoms with Gasteiger partial charge in [-0.2, -0.15) is 0 Å². The maximum Gasteiger partial charge on any atom is 0.243 e. The van der Waals surface area contributed by atoms with Crippen molar-refractivity contribution >= 4 is 21.8 Å². The molecule has 2 N–H and O–H groups in total. The van der Waals surface area contributed by atoms with Gasteiger partial charge in [0.2, 0.25) is 21.8 Å². The topological polar surface area (TPSA) is 109 Å². The first-order valence-corrected chi connectivity index (χ1v) is 11.8. The third kappa shape index (κ3) is 7.45. The molecule has 0 fully saturated rings. The maximum atomic E-state index is 13.1. The van der Waals surface area contributed by atoms with E-state index in [1.165, 1.54) is 11.2 Å². The van der Waals surface area contributed by atoms with Crippen molar-refractivity contribution in [1.29, 1.82) is 0 Å². The predicted octanol–water partition coefficient (Wildman–Crippen LogP) is 2.81. The second kappa shape index (κ2) is 10.7. The van der Waals surface area contributed by atoms with Crippen LogP contribution in [0.3, 0.4) is 0 Å². The largest absolute Gasteiger partial charge is 0.467 e. The SMILES string of the molecule is CCCC(C(=O)NC(C)(C)C)N(Cc1ccco1)C(=O)CNS(=O)(=O)c1ccc(F)cc1. The van der Waals surface area contributed by atoms with E-state index in [0.29, 0.717) is 18.6 Å². The molecule has 0 saturated carbocycles. The fourth-order valence-electron chi connectivity index (χ4n) is 3.05. The van der Waals surface area contributed by atoms with Crippen molar-refractivity contribution in [1.82, 2.24) is 14.9 Å². The van der Waals surface area contributed by atoms with E-state index in [2.05, 4.69) is 10.0 Å². The van der Waals surface area contributed by atoms with Crippen LogP contribution in [0.2, 0.25) is 0 Å². The average Bonchev–Trinajstić information content (AvgIpc) is 3.21. The van der Waals surface area contributed by atoms with Gasteiger partial charge >= 0.3 is 0 Å². The quantitative estimate of drug-likeness (QED) is 0.559. The van der Waals surface area contributed by atoms with Crippen LogP contribution in [0.5, 0.6) is 0 Å². The fraction of sp³-hybridized carbons (Fsp3) is 0.455. The Balaban J connectivity index is 2.24. The van der Waals surface area contributed by atoms with Gasteiger partial charge in [-0.05, 0) is 63.6 Å². The van der Waals surface area contributed by atoms with E-state index in [-0.39, 0.29) is 17.3 Å². The summed E-state index contributed by atoms with van der Waals surface area (Å²) in [7, 11) is -4.04. The molecular formula is C22H30FN3O5S. The minimum absolute atomic E-state index is 0.00629. The van der Waals surface area contributed by atoms with Crippen LogP contribution < -0.4 is 10.0 Å². The Morgan fingerprint density at radius 1 is 1.16 bits per heavy atom. The van der Waals surface area contributed by atoms with Crippen LogP contribution >= 0.6 is 0 Å². The lowest BCUT2D eigenvalue weighted by atomic mass is 10.0. The van der Waals surface area contributed by atoms with Crippen molar-refractivity contribution in [3.05, 3.63) is 54.2 Å². The monoisotopic (exact) mass is 467 g/mol. The van der Waals surface area contributed by atoms with Gasteiger partial charge in [-0.1, -0.05) is 13.3 Å². The molecule has 1 heterocycles. The number of nitrogens with zero attached hydrogens (tertiary/aromatic N) is 1. The van der Waals surface area contributed by atoms with Crippen LogP contribution in [0, 0.1) is 5.82 Å². The van der Waals surface area contributed by atoms with Gasteiger partial charge in [-0.3, -0.25) is 9.59 Å². The van der Waals surface area contributed by atoms with Crippen LogP contribution in [-0.2, 0) is 26.2 Å². The number of carbonyl (C=O) groups excluding carboxylic acids is 2. The average molecular weight is 468 g/mol. The van der Waals surface area contributed by atoms with Crippen LogP contribution in [0.25, 0.3) is 0 Å². The lowest BCUT2D eigenvalue weighted by Crippen LogP contribution is -2.55. The number of hydrogen-bond acceptors (Lipinski definition) is 5. The van der Waals surface area contributed by atoms with Gasteiger partial charge < -0.3 is 14.6 Å². The summed E-state index contributed by atoms with van der Waals surface area (Å²) in [6, 6.07) is 6.79. The highest BCUT2D eigenvalue weighted by molar-refractivity contribution is 7.89. The Bertz CT molecular complexity index is 999. The zero-order valence-electron chi connectivity index (χ0n) is 18.7. The molecule has 0 aliphatic rings. The normalized spacial score (nSPS) is 12.9. The number of benzene rings is 1. The molecule has 1 atom stereocenters. The zero-order chi connectivity index (χ0) is 23.9. The van der Waals surface area contributed by atoms with E-state index in [0.717, 1.165) is 24.3 Å². The molecule has 1 aromatic heterocycles. The third-order valence-electron chi connectivity index (χ3n) is 4.50. The second-order valence-corrected chi connectivity index (χ2v) is 10.2. The second-order valence-electron chi connectivity index (χ2n) is 8.42. The van der Waals surface area contributed by atoms with Crippen molar-refractivity contribution in [2.24, 2.45) is 0 Å². The van der Waals surface area contributed by atoms with Crippen molar-refractivity contribution in [3.8, 4) is 0 Å². The van der Waals surface area contributed by atoms with Crippen molar-refractivity contribution in [3.63, 3.8) is 0 Å². The van der Waals surface area contributed by atoms with Crippen LogP contribution in [0.4, 0.5) is 4.39 Å². The highest BCUT2D eigenvalue weighted by Crippen LogP contribution is 2.16. The summed E-state index contributed by atoms with van der Waals surface area (Å²) < 4.78 is 45.7. The van der Waals surface area contributed by atoms with Crippen molar-refractivity contribution in [2.45, 2.75) is 63.6 Å². The van der Waals surface area contributed by atoms with E-state index in [4.69, 9.17) is 4.42 Å². The molecule has 8 nitrogen and oxygen atoms in total. The molecular weight excluding hydrogens is 437 g/mol. The number of sulfonamides is 1. The van der Waals surface area contributed by atoms with E-state index < -0.39 is 39.9 Å². The Hall–Kier alpha value is -2.72. The molecule has 1 aromatic carbocycles. The summed E-state index contributed by atoms with van der Waals surface area (Å²) in [5.41, 5.74) is -0.507. The molecule has 1 unspecified atom stereocenters. The third-order valence-corrected chi connectivity index (χ3v) is 5.92. The van der Waals surface area contributed by atoms with Gasteiger partial charge in [0.15, 0.2) is 0 Å². The summed E-state index contributed by atoms with van der Waals surface area (Å²) in [4.78, 5) is 27.2. The van der Waals surface area contributed by atoms with E-state index >= 15 is 0 Å². The smallest absolute Gasteiger partial charge is 0.243 e. The highest BCUT2D eigenvalue weighted by Gasteiger charge is 2.32. The molecule has 2 aromatic rings. The van der Waals surface area contributed by atoms with Gasteiger partial charge in [0.05, 0.1) is 24.2 Å². The van der Waals surface area contributed by atoms with Gasteiger partial charge in [-0.25, -0.2) is 17.5 Å². The summed E-state index contributed by atoms with van der Waals surface area (Å²) in [5, 5.41) is 2.88. The standard InChI is InChI=1S/C22H30FN3O5S/c1-5-7-19(21(28)25-22(2,3)4)26(15-17-8-6-13-31-17)20(27)14-24-32(29,30)18-11-9-16(23)10-12-18/h6,8-13,19,24H,5,7,14-15H2,1-4H3,(H,25,28). The highest BCUT2D eigenvalue weighted by atomic mass is 32.2. The van der Waals surface area contributed by atoms with Gasteiger partial charge in [-0.15, -0.1) is 0 Å². The number of furan rings is 1. The fourth-order valence-corrected chi connectivity index (χ4v) is 4.03.